The summed E-state index contributed by atoms with van der Waals surface area (Å²) in [5.41, 5.74) is 1.27. The predicted octanol–water partition coefficient (Wildman–Crippen LogP) is 3.81. The van der Waals surface area contributed by atoms with E-state index < -0.39 is 10.0 Å². The molecule has 0 bridgehead atoms. The first kappa shape index (κ1) is 18.1. The minimum atomic E-state index is -3.59. The number of piperidine rings is 1. The maximum atomic E-state index is 13.4. The van der Waals surface area contributed by atoms with Crippen LogP contribution < -0.4 is 5.32 Å². The number of hydrogen-bond donors (Lipinski definition) is 1. The number of rotatable bonds is 5. The number of benzene rings is 1. The predicted molar refractivity (Wildman–Crippen MR) is 102 cm³/mol. The molecule has 0 aliphatic carbocycles. The van der Waals surface area contributed by atoms with E-state index in [-0.39, 0.29) is 16.1 Å². The average Bonchev–Trinajstić information content (AvgIpc) is 3.34. The van der Waals surface area contributed by atoms with Crippen molar-refractivity contribution in [3.05, 3.63) is 54.5 Å². The second-order valence-corrected chi connectivity index (χ2v) is 9.61. The Kier molecular flexibility index (Phi) is 4.98. The van der Waals surface area contributed by atoms with Crippen LogP contribution in [0.2, 0.25) is 0 Å². The van der Waals surface area contributed by atoms with Crippen LogP contribution >= 0.6 is 11.3 Å². The quantitative estimate of drug-likeness (QED) is 0.696. The number of aromatic nitrogens is 1. The molecule has 1 fully saturated rings. The summed E-state index contributed by atoms with van der Waals surface area (Å²) >= 11 is 1.18. The Morgan fingerprint density at radius 3 is 2.93 bits per heavy atom. The van der Waals surface area contributed by atoms with Gasteiger partial charge in [-0.15, -0.1) is 11.3 Å². The molecule has 0 radical (unpaired) electrons. The van der Waals surface area contributed by atoms with Gasteiger partial charge in [-0.25, -0.2) is 12.8 Å². The van der Waals surface area contributed by atoms with E-state index in [1.807, 2.05) is 0 Å². The van der Waals surface area contributed by atoms with E-state index in [1.54, 1.807) is 30.3 Å². The van der Waals surface area contributed by atoms with E-state index in [2.05, 4.69) is 10.5 Å². The summed E-state index contributed by atoms with van der Waals surface area (Å²) in [4.78, 5) is 0.744. The highest BCUT2D eigenvalue weighted by Crippen LogP contribution is 2.32. The minimum absolute atomic E-state index is 0.0645. The summed E-state index contributed by atoms with van der Waals surface area (Å²) in [6.07, 6.45) is 3.03. The lowest BCUT2D eigenvalue weighted by Crippen LogP contribution is -2.44. The van der Waals surface area contributed by atoms with Crippen molar-refractivity contribution in [2.75, 3.05) is 18.4 Å². The summed E-state index contributed by atoms with van der Waals surface area (Å²) in [7, 11) is -3.59. The SMILES string of the molecule is O=S(=O)(c1ccc(-c2ccon2)s1)N1CCC[C@H](Nc2cccc(F)c2)C1. The molecule has 0 saturated carbocycles. The monoisotopic (exact) mass is 407 g/mol. The van der Waals surface area contributed by atoms with Gasteiger partial charge < -0.3 is 9.84 Å². The van der Waals surface area contributed by atoms with Crippen LogP contribution in [0.25, 0.3) is 10.6 Å². The molecule has 27 heavy (non-hydrogen) atoms. The lowest BCUT2D eigenvalue weighted by atomic mass is 10.1. The van der Waals surface area contributed by atoms with Gasteiger partial charge in [-0.05, 0) is 43.2 Å². The van der Waals surface area contributed by atoms with Crippen molar-refractivity contribution in [2.24, 2.45) is 0 Å². The molecule has 1 atom stereocenters. The van der Waals surface area contributed by atoms with Crippen molar-refractivity contribution in [3.8, 4) is 10.6 Å². The molecule has 142 valence electrons. The van der Waals surface area contributed by atoms with Crippen molar-refractivity contribution >= 4 is 27.0 Å². The fraction of sp³-hybridized carbons (Fsp3) is 0.278. The molecule has 1 saturated heterocycles. The number of nitrogens with one attached hydrogen (secondary N) is 1. The van der Waals surface area contributed by atoms with Crippen LogP contribution in [0.3, 0.4) is 0 Å². The number of anilines is 1. The Hall–Kier alpha value is -2.23. The average molecular weight is 407 g/mol. The largest absolute Gasteiger partial charge is 0.381 e. The molecule has 3 heterocycles. The van der Waals surface area contributed by atoms with Gasteiger partial charge in [-0.2, -0.15) is 4.31 Å². The number of hydrogen-bond acceptors (Lipinski definition) is 6. The zero-order valence-electron chi connectivity index (χ0n) is 14.3. The molecule has 1 aliphatic heterocycles. The summed E-state index contributed by atoms with van der Waals surface area (Å²) in [6, 6.07) is 11.2. The normalized spacial score (nSPS) is 18.5. The van der Waals surface area contributed by atoms with Gasteiger partial charge in [0.1, 0.15) is 22.0 Å². The van der Waals surface area contributed by atoms with Crippen molar-refractivity contribution in [1.29, 1.82) is 0 Å². The van der Waals surface area contributed by atoms with Gasteiger partial charge in [0.15, 0.2) is 0 Å². The molecule has 1 aliphatic rings. The van der Waals surface area contributed by atoms with E-state index in [0.29, 0.717) is 24.5 Å². The highest BCUT2D eigenvalue weighted by Gasteiger charge is 2.31. The summed E-state index contributed by atoms with van der Waals surface area (Å²) in [5.74, 6) is -0.320. The lowest BCUT2D eigenvalue weighted by molar-refractivity contribution is 0.327. The van der Waals surface area contributed by atoms with E-state index in [4.69, 9.17) is 4.52 Å². The van der Waals surface area contributed by atoms with E-state index in [9.17, 15) is 12.8 Å². The Labute approximate surface area is 160 Å². The van der Waals surface area contributed by atoms with E-state index in [0.717, 1.165) is 17.7 Å². The summed E-state index contributed by atoms with van der Waals surface area (Å²) in [5, 5.41) is 7.08. The standard InChI is InChI=1S/C18H18FN3O3S2/c19-13-3-1-4-14(11-13)20-15-5-2-9-22(12-15)27(23,24)18-7-6-17(26-18)16-8-10-25-21-16/h1,3-4,6-8,10-11,15,20H,2,5,9,12H2/t15-/m0/s1. The lowest BCUT2D eigenvalue weighted by Gasteiger charge is -2.32. The zero-order chi connectivity index (χ0) is 18.9. The van der Waals surface area contributed by atoms with Gasteiger partial charge in [-0.3, -0.25) is 0 Å². The minimum Gasteiger partial charge on any atom is -0.381 e. The fourth-order valence-corrected chi connectivity index (χ4v) is 6.10. The number of halogens is 1. The molecule has 0 unspecified atom stereocenters. The topological polar surface area (TPSA) is 75.4 Å². The van der Waals surface area contributed by atoms with Crippen LogP contribution in [0, 0.1) is 5.82 Å². The molecule has 2 aromatic heterocycles. The van der Waals surface area contributed by atoms with Crippen molar-refractivity contribution in [1.82, 2.24) is 9.46 Å². The number of nitrogens with zero attached hydrogens (tertiary/aromatic N) is 2. The Morgan fingerprint density at radius 2 is 2.15 bits per heavy atom. The molecule has 6 nitrogen and oxygen atoms in total. The molecule has 3 aromatic rings. The third-order valence-corrected chi connectivity index (χ3v) is 7.89. The van der Waals surface area contributed by atoms with Crippen LogP contribution in [0.5, 0.6) is 0 Å². The van der Waals surface area contributed by atoms with Crippen LogP contribution in [0.4, 0.5) is 10.1 Å². The molecular formula is C18H18FN3O3S2. The highest BCUT2D eigenvalue weighted by molar-refractivity contribution is 7.91. The highest BCUT2D eigenvalue weighted by atomic mass is 32.2. The smallest absolute Gasteiger partial charge is 0.252 e. The molecule has 0 amide bonds. The van der Waals surface area contributed by atoms with Crippen LogP contribution in [-0.4, -0.2) is 37.0 Å². The first-order valence-electron chi connectivity index (χ1n) is 8.55. The fourth-order valence-electron chi connectivity index (χ4n) is 3.16. The second-order valence-electron chi connectivity index (χ2n) is 6.36. The first-order valence-corrected chi connectivity index (χ1v) is 10.8. The van der Waals surface area contributed by atoms with Crippen LogP contribution in [0.1, 0.15) is 12.8 Å². The molecule has 4 rings (SSSR count). The van der Waals surface area contributed by atoms with Gasteiger partial charge in [0.05, 0.1) is 4.88 Å². The summed E-state index contributed by atoms with van der Waals surface area (Å²) in [6.45, 7) is 0.816. The second kappa shape index (κ2) is 7.41. The Bertz CT molecular complexity index is 1020. The number of sulfonamides is 1. The Balaban J connectivity index is 1.50. The van der Waals surface area contributed by atoms with Gasteiger partial charge in [0.25, 0.3) is 10.0 Å². The maximum absolute atomic E-state index is 13.4. The molecule has 1 N–H and O–H groups in total. The zero-order valence-corrected chi connectivity index (χ0v) is 16.0. The maximum Gasteiger partial charge on any atom is 0.252 e. The van der Waals surface area contributed by atoms with Gasteiger partial charge in [-0.1, -0.05) is 11.2 Å². The van der Waals surface area contributed by atoms with E-state index in [1.165, 1.54) is 34.0 Å². The van der Waals surface area contributed by atoms with Gasteiger partial charge >= 0.3 is 0 Å². The van der Waals surface area contributed by atoms with Crippen molar-refractivity contribution < 1.29 is 17.3 Å². The number of thiophene rings is 1. The third kappa shape index (κ3) is 3.90. The van der Waals surface area contributed by atoms with Gasteiger partial charge in [0.2, 0.25) is 0 Å². The molecule has 0 spiro atoms. The Morgan fingerprint density at radius 1 is 1.26 bits per heavy atom. The summed E-state index contributed by atoms with van der Waals surface area (Å²) < 4.78 is 46.0. The van der Waals surface area contributed by atoms with E-state index >= 15 is 0 Å². The third-order valence-electron chi connectivity index (χ3n) is 4.45. The first-order chi connectivity index (χ1) is 13.0. The molecular weight excluding hydrogens is 389 g/mol. The van der Waals surface area contributed by atoms with Crippen LogP contribution in [-0.2, 0) is 10.0 Å². The molecule has 9 heteroatoms. The molecule has 1 aromatic carbocycles. The van der Waals surface area contributed by atoms with Crippen molar-refractivity contribution in [2.45, 2.75) is 23.1 Å². The van der Waals surface area contributed by atoms with Crippen molar-refractivity contribution in [3.63, 3.8) is 0 Å². The van der Waals surface area contributed by atoms with Gasteiger partial charge in [0, 0.05) is 30.9 Å². The van der Waals surface area contributed by atoms with Crippen LogP contribution in [0.15, 0.2) is 57.5 Å².